The van der Waals surface area contributed by atoms with Crippen molar-refractivity contribution < 1.29 is 18.7 Å². The maximum Gasteiger partial charge on any atom is 0.341 e. The number of benzene rings is 1. The Kier molecular flexibility index (Phi) is 4.47. The van der Waals surface area contributed by atoms with Crippen LogP contribution >= 0.6 is 11.3 Å². The van der Waals surface area contributed by atoms with Gasteiger partial charge in [-0.15, -0.1) is 11.3 Å². The van der Waals surface area contributed by atoms with Crippen molar-refractivity contribution in [3.63, 3.8) is 0 Å². The average Bonchev–Trinajstić information content (AvgIpc) is 3.20. The van der Waals surface area contributed by atoms with Gasteiger partial charge < -0.3 is 14.6 Å². The number of nitrogens with one attached hydrogen (secondary N) is 1. The van der Waals surface area contributed by atoms with Gasteiger partial charge in [0.1, 0.15) is 16.5 Å². The molecule has 1 aliphatic carbocycles. The summed E-state index contributed by atoms with van der Waals surface area (Å²) in [6.45, 7) is 0. The lowest BCUT2D eigenvalue weighted by atomic mass is 9.95. The highest BCUT2D eigenvalue weighted by Crippen LogP contribution is 2.39. The van der Waals surface area contributed by atoms with Gasteiger partial charge in [0.05, 0.1) is 18.2 Å². The minimum atomic E-state index is -0.437. The number of carbonyl (C=O) groups is 2. The van der Waals surface area contributed by atoms with Crippen LogP contribution < -0.4 is 5.32 Å². The number of rotatable bonds is 3. The zero-order valence-electron chi connectivity index (χ0n) is 15.1. The average molecular weight is 386 g/mol. The van der Waals surface area contributed by atoms with Gasteiger partial charge in [0, 0.05) is 17.3 Å². The summed E-state index contributed by atoms with van der Waals surface area (Å²) in [5.74, 6) is -1.19. The summed E-state index contributed by atoms with van der Waals surface area (Å²) in [5.41, 5.74) is 2.41. The molecule has 2 aromatic heterocycles. The van der Waals surface area contributed by atoms with Crippen LogP contribution in [0.3, 0.4) is 0 Å². The van der Waals surface area contributed by atoms with Crippen molar-refractivity contribution in [3.05, 3.63) is 51.8 Å². The summed E-state index contributed by atoms with van der Waals surface area (Å²) in [7, 11) is 3.06. The zero-order valence-corrected chi connectivity index (χ0v) is 15.9. The number of halogens is 1. The van der Waals surface area contributed by atoms with Crippen molar-refractivity contribution in [3.8, 4) is 0 Å². The smallest absolute Gasteiger partial charge is 0.341 e. The van der Waals surface area contributed by atoms with Crippen LogP contribution in [0.25, 0.3) is 10.9 Å². The third-order valence-electron chi connectivity index (χ3n) is 5.05. The Bertz CT molecular complexity index is 1070. The van der Waals surface area contributed by atoms with Crippen LogP contribution in [0, 0.1) is 5.82 Å². The molecule has 0 fully saturated rings. The van der Waals surface area contributed by atoms with Gasteiger partial charge in [0.2, 0.25) is 0 Å². The number of carbonyl (C=O) groups excluding carboxylic acids is 2. The van der Waals surface area contributed by atoms with Gasteiger partial charge in [-0.3, -0.25) is 4.79 Å². The van der Waals surface area contributed by atoms with E-state index in [9.17, 15) is 14.0 Å². The van der Waals surface area contributed by atoms with Gasteiger partial charge in [-0.2, -0.15) is 0 Å². The molecule has 1 N–H and O–H groups in total. The summed E-state index contributed by atoms with van der Waals surface area (Å²) in [4.78, 5) is 26.3. The molecule has 1 amide bonds. The van der Waals surface area contributed by atoms with Gasteiger partial charge in [-0.05, 0) is 49.4 Å². The molecule has 0 spiro atoms. The minimum Gasteiger partial charge on any atom is -0.465 e. The number of aromatic nitrogens is 1. The van der Waals surface area contributed by atoms with Crippen molar-refractivity contribution in [1.82, 2.24) is 4.57 Å². The van der Waals surface area contributed by atoms with Crippen LogP contribution in [0.2, 0.25) is 0 Å². The van der Waals surface area contributed by atoms with Gasteiger partial charge in [-0.1, -0.05) is 6.07 Å². The summed E-state index contributed by atoms with van der Waals surface area (Å²) < 4.78 is 20.6. The van der Waals surface area contributed by atoms with Crippen LogP contribution in [0.4, 0.5) is 9.39 Å². The SMILES string of the molecule is COC(=O)c1c(NC(=O)c2cc3c(F)cccc3n2C)sc2c1CCCC2. The normalized spacial score (nSPS) is 13.4. The second-order valence-corrected chi connectivity index (χ2v) is 7.73. The van der Waals surface area contributed by atoms with Crippen LogP contribution in [-0.4, -0.2) is 23.6 Å². The topological polar surface area (TPSA) is 60.3 Å². The van der Waals surface area contributed by atoms with Crippen molar-refractivity contribution in [2.24, 2.45) is 7.05 Å². The number of hydrogen-bond acceptors (Lipinski definition) is 4. The zero-order chi connectivity index (χ0) is 19.1. The third-order valence-corrected chi connectivity index (χ3v) is 6.26. The van der Waals surface area contributed by atoms with Gasteiger partial charge in [0.25, 0.3) is 5.91 Å². The number of amides is 1. The summed E-state index contributed by atoms with van der Waals surface area (Å²) in [6, 6.07) is 6.28. The number of aryl methyl sites for hydroxylation is 2. The summed E-state index contributed by atoms with van der Waals surface area (Å²) in [6.07, 6.45) is 3.80. The summed E-state index contributed by atoms with van der Waals surface area (Å²) >= 11 is 1.43. The van der Waals surface area contributed by atoms with Crippen LogP contribution in [0.15, 0.2) is 24.3 Å². The molecule has 1 aromatic carbocycles. The number of anilines is 1. The number of hydrogen-bond donors (Lipinski definition) is 1. The van der Waals surface area contributed by atoms with Gasteiger partial charge in [-0.25, -0.2) is 9.18 Å². The Balaban J connectivity index is 1.74. The number of methoxy groups -OCH3 is 1. The first-order chi connectivity index (χ1) is 13.0. The van der Waals surface area contributed by atoms with E-state index in [1.54, 1.807) is 23.7 Å². The molecule has 0 saturated carbocycles. The quantitative estimate of drug-likeness (QED) is 0.683. The monoisotopic (exact) mass is 386 g/mol. The number of ether oxygens (including phenoxy) is 1. The largest absolute Gasteiger partial charge is 0.465 e. The lowest BCUT2D eigenvalue weighted by Gasteiger charge is -2.11. The standard InChI is InChI=1S/C20H19FN2O3S/c1-23-14-8-5-7-13(21)12(14)10-15(23)18(24)22-19-17(20(25)26-2)11-6-3-4-9-16(11)27-19/h5,7-8,10H,3-4,6,9H2,1-2H3,(H,22,24). The predicted octanol–water partition coefficient (Wildman–Crippen LogP) is 4.30. The first-order valence-electron chi connectivity index (χ1n) is 8.79. The Labute approximate surface area is 159 Å². The highest BCUT2D eigenvalue weighted by atomic mass is 32.1. The lowest BCUT2D eigenvalue weighted by molar-refractivity contribution is 0.0601. The molecule has 0 aliphatic heterocycles. The maximum atomic E-state index is 14.0. The predicted molar refractivity (Wildman–Crippen MR) is 103 cm³/mol. The number of thiophene rings is 1. The molecular formula is C20H19FN2O3S. The van der Waals surface area contributed by atoms with E-state index in [4.69, 9.17) is 4.74 Å². The number of esters is 1. The van der Waals surface area contributed by atoms with E-state index in [2.05, 4.69) is 5.32 Å². The fraction of sp³-hybridized carbons (Fsp3) is 0.300. The second kappa shape index (κ2) is 6.81. The van der Waals surface area contributed by atoms with Crippen LogP contribution in [0.5, 0.6) is 0 Å². The molecule has 2 heterocycles. The van der Waals surface area contributed by atoms with E-state index in [-0.39, 0.29) is 11.7 Å². The van der Waals surface area contributed by atoms with E-state index in [1.807, 2.05) is 0 Å². The first kappa shape index (κ1) is 17.7. The van der Waals surface area contributed by atoms with Crippen molar-refractivity contribution >= 4 is 39.1 Å². The van der Waals surface area contributed by atoms with Gasteiger partial charge >= 0.3 is 5.97 Å². The molecule has 0 radical (unpaired) electrons. The Morgan fingerprint density at radius 2 is 2.04 bits per heavy atom. The molecule has 3 aromatic rings. The van der Waals surface area contributed by atoms with E-state index in [0.29, 0.717) is 27.2 Å². The third kappa shape index (κ3) is 2.92. The van der Waals surface area contributed by atoms with E-state index >= 15 is 0 Å². The second-order valence-electron chi connectivity index (χ2n) is 6.62. The highest BCUT2D eigenvalue weighted by molar-refractivity contribution is 7.17. The molecular weight excluding hydrogens is 367 g/mol. The lowest BCUT2D eigenvalue weighted by Crippen LogP contribution is -2.17. The fourth-order valence-corrected chi connectivity index (χ4v) is 4.95. The molecule has 0 saturated heterocycles. The van der Waals surface area contributed by atoms with E-state index in [1.165, 1.54) is 30.6 Å². The molecule has 1 aliphatic rings. The first-order valence-corrected chi connectivity index (χ1v) is 9.61. The Hall–Kier alpha value is -2.67. The fourth-order valence-electron chi connectivity index (χ4n) is 3.68. The summed E-state index contributed by atoms with van der Waals surface area (Å²) in [5, 5.41) is 3.75. The number of fused-ring (bicyclic) bond motifs is 2. The molecule has 0 bridgehead atoms. The van der Waals surface area contributed by atoms with Gasteiger partial charge in [0.15, 0.2) is 0 Å². The molecule has 0 atom stereocenters. The van der Waals surface area contributed by atoms with Crippen molar-refractivity contribution in [2.45, 2.75) is 25.7 Å². The number of nitrogens with zero attached hydrogens (tertiary/aromatic N) is 1. The van der Waals surface area contributed by atoms with Crippen molar-refractivity contribution in [2.75, 3.05) is 12.4 Å². The molecule has 5 nitrogen and oxygen atoms in total. The van der Waals surface area contributed by atoms with E-state index < -0.39 is 5.97 Å². The van der Waals surface area contributed by atoms with E-state index in [0.717, 1.165) is 36.1 Å². The Morgan fingerprint density at radius 1 is 1.26 bits per heavy atom. The van der Waals surface area contributed by atoms with Crippen LogP contribution in [-0.2, 0) is 24.6 Å². The maximum absolute atomic E-state index is 14.0. The molecule has 4 rings (SSSR count). The minimum absolute atomic E-state index is 0.331. The molecule has 140 valence electrons. The molecule has 0 unspecified atom stereocenters. The Morgan fingerprint density at radius 3 is 2.78 bits per heavy atom. The van der Waals surface area contributed by atoms with Crippen LogP contribution in [0.1, 0.15) is 44.1 Å². The molecule has 7 heteroatoms. The highest BCUT2D eigenvalue weighted by Gasteiger charge is 2.27. The van der Waals surface area contributed by atoms with Crippen molar-refractivity contribution in [1.29, 1.82) is 0 Å². The molecule has 27 heavy (non-hydrogen) atoms.